The van der Waals surface area contributed by atoms with Crippen LogP contribution in [0.5, 0.6) is 0 Å². The summed E-state index contributed by atoms with van der Waals surface area (Å²) in [6.45, 7) is 6.79. The van der Waals surface area contributed by atoms with Crippen LogP contribution in [0.1, 0.15) is 38.2 Å². The summed E-state index contributed by atoms with van der Waals surface area (Å²) in [4.78, 5) is 10.9. The van der Waals surface area contributed by atoms with Crippen LogP contribution in [0.2, 0.25) is 0 Å². The number of sulfone groups is 1. The van der Waals surface area contributed by atoms with E-state index in [0.29, 0.717) is 19.6 Å². The molecule has 1 atom stereocenters. The maximum Gasteiger partial charge on any atom is 0.227 e. The molecule has 0 aromatic carbocycles. The highest BCUT2D eigenvalue weighted by atomic mass is 32.2. The molecule has 0 N–H and O–H groups in total. The quantitative estimate of drug-likeness (QED) is 0.675. The second-order valence-corrected chi connectivity index (χ2v) is 9.41. The smallest absolute Gasteiger partial charge is 0.227 e. The van der Waals surface area contributed by atoms with Crippen LogP contribution >= 0.6 is 0 Å². The standard InChI is InChI=1S/C18H29N5O3S/c1-14(2)22(13-17-19-7-8-21(17)3)11-15-10-20-18(27(4,24)25)23(15)12-16-6-5-9-26-16/h7-8,10,14,16H,5-6,9,11-13H2,1-4H3/t16-/m1/s1. The van der Waals surface area contributed by atoms with E-state index in [-0.39, 0.29) is 17.3 Å². The van der Waals surface area contributed by atoms with E-state index in [1.165, 1.54) is 6.26 Å². The van der Waals surface area contributed by atoms with Gasteiger partial charge in [-0.1, -0.05) is 0 Å². The van der Waals surface area contributed by atoms with E-state index in [1.807, 2.05) is 22.4 Å². The van der Waals surface area contributed by atoms with Crippen molar-refractivity contribution in [1.29, 1.82) is 0 Å². The first kappa shape index (κ1) is 20.0. The van der Waals surface area contributed by atoms with Gasteiger partial charge in [-0.25, -0.2) is 18.4 Å². The number of hydrogen-bond donors (Lipinski definition) is 0. The van der Waals surface area contributed by atoms with Crippen molar-refractivity contribution in [3.8, 4) is 0 Å². The minimum absolute atomic E-state index is 0.0421. The van der Waals surface area contributed by atoms with Gasteiger partial charge in [-0.2, -0.15) is 0 Å². The van der Waals surface area contributed by atoms with E-state index in [0.717, 1.165) is 31.0 Å². The number of ether oxygens (including phenoxy) is 1. The highest BCUT2D eigenvalue weighted by molar-refractivity contribution is 7.90. The van der Waals surface area contributed by atoms with Gasteiger partial charge in [-0.3, -0.25) is 4.90 Å². The summed E-state index contributed by atoms with van der Waals surface area (Å²) in [5.41, 5.74) is 0.883. The first-order valence-electron chi connectivity index (χ1n) is 9.32. The predicted molar refractivity (Wildman–Crippen MR) is 102 cm³/mol. The molecule has 1 fully saturated rings. The molecule has 0 saturated carbocycles. The fourth-order valence-corrected chi connectivity index (χ4v) is 4.20. The van der Waals surface area contributed by atoms with E-state index in [2.05, 4.69) is 28.7 Å². The van der Waals surface area contributed by atoms with Crippen LogP contribution in [0.3, 0.4) is 0 Å². The van der Waals surface area contributed by atoms with E-state index in [1.54, 1.807) is 12.4 Å². The third kappa shape index (κ3) is 4.77. The lowest BCUT2D eigenvalue weighted by Crippen LogP contribution is -2.32. The molecular weight excluding hydrogens is 366 g/mol. The zero-order valence-corrected chi connectivity index (χ0v) is 17.3. The monoisotopic (exact) mass is 395 g/mol. The second-order valence-electron chi connectivity index (χ2n) is 7.50. The number of hydrogen-bond acceptors (Lipinski definition) is 6. The van der Waals surface area contributed by atoms with Crippen LogP contribution in [0.15, 0.2) is 23.7 Å². The van der Waals surface area contributed by atoms with Crippen LogP contribution in [-0.2, 0) is 41.3 Å². The van der Waals surface area contributed by atoms with Gasteiger partial charge in [0.25, 0.3) is 0 Å². The summed E-state index contributed by atoms with van der Waals surface area (Å²) in [6.07, 6.45) is 8.61. The normalized spacial score (nSPS) is 18.1. The van der Waals surface area contributed by atoms with Gasteiger partial charge in [0.2, 0.25) is 15.0 Å². The summed E-state index contributed by atoms with van der Waals surface area (Å²) in [6, 6.07) is 0.273. The molecule has 2 aromatic rings. The average molecular weight is 396 g/mol. The van der Waals surface area contributed by atoms with Crippen LogP contribution in [0.25, 0.3) is 0 Å². The first-order chi connectivity index (χ1) is 12.8. The fraction of sp³-hybridized carbons (Fsp3) is 0.667. The lowest BCUT2D eigenvalue weighted by molar-refractivity contribution is 0.0926. The van der Waals surface area contributed by atoms with Gasteiger partial charge in [0, 0.05) is 44.9 Å². The number of rotatable bonds is 8. The Hall–Kier alpha value is -1.71. The molecule has 1 saturated heterocycles. The van der Waals surface area contributed by atoms with E-state index >= 15 is 0 Å². The zero-order valence-electron chi connectivity index (χ0n) is 16.5. The van der Waals surface area contributed by atoms with Gasteiger partial charge in [0.15, 0.2) is 0 Å². The van der Waals surface area contributed by atoms with Gasteiger partial charge < -0.3 is 13.9 Å². The number of imidazole rings is 2. The predicted octanol–water partition coefficient (Wildman–Crippen LogP) is 1.61. The van der Waals surface area contributed by atoms with Crippen LogP contribution in [-0.4, -0.2) is 57.4 Å². The maximum atomic E-state index is 12.2. The number of aryl methyl sites for hydroxylation is 1. The molecule has 3 rings (SSSR count). The second kappa shape index (κ2) is 8.12. The zero-order chi connectivity index (χ0) is 19.6. The van der Waals surface area contributed by atoms with Crippen molar-refractivity contribution in [1.82, 2.24) is 24.0 Å². The Kier molecular flexibility index (Phi) is 6.02. The van der Waals surface area contributed by atoms with E-state index < -0.39 is 9.84 Å². The lowest BCUT2D eigenvalue weighted by atomic mass is 10.2. The Morgan fingerprint density at radius 2 is 2.11 bits per heavy atom. The molecule has 0 spiro atoms. The van der Waals surface area contributed by atoms with Crippen molar-refractivity contribution in [2.75, 3.05) is 12.9 Å². The molecule has 0 amide bonds. The van der Waals surface area contributed by atoms with Gasteiger partial charge in [-0.15, -0.1) is 0 Å². The highest BCUT2D eigenvalue weighted by Crippen LogP contribution is 2.21. The molecule has 0 radical (unpaired) electrons. The van der Waals surface area contributed by atoms with Crippen molar-refractivity contribution in [2.24, 2.45) is 7.05 Å². The summed E-state index contributed by atoms with van der Waals surface area (Å²) in [5.74, 6) is 0.970. The molecule has 9 heteroatoms. The van der Waals surface area contributed by atoms with Crippen LogP contribution < -0.4 is 0 Å². The Labute approximate surface area is 161 Å². The van der Waals surface area contributed by atoms with Crippen molar-refractivity contribution >= 4 is 9.84 Å². The molecular formula is C18H29N5O3S. The first-order valence-corrected chi connectivity index (χ1v) is 11.2. The summed E-state index contributed by atoms with van der Waals surface area (Å²) in [7, 11) is -1.43. The minimum Gasteiger partial charge on any atom is -0.376 e. The SMILES string of the molecule is CC(C)N(Cc1nccn1C)Cc1cnc(S(C)(=O)=O)n1C[C@H]1CCCO1. The maximum absolute atomic E-state index is 12.2. The number of aromatic nitrogens is 4. The van der Waals surface area contributed by atoms with Crippen LogP contribution in [0.4, 0.5) is 0 Å². The molecule has 8 nitrogen and oxygen atoms in total. The van der Waals surface area contributed by atoms with E-state index in [9.17, 15) is 8.42 Å². The third-order valence-corrected chi connectivity index (χ3v) is 5.99. The molecule has 0 unspecified atom stereocenters. The molecule has 150 valence electrons. The van der Waals surface area contributed by atoms with E-state index in [4.69, 9.17) is 4.74 Å². The Morgan fingerprint density at radius 1 is 1.33 bits per heavy atom. The summed E-state index contributed by atoms with van der Waals surface area (Å²) < 4.78 is 34.0. The highest BCUT2D eigenvalue weighted by Gasteiger charge is 2.25. The lowest BCUT2D eigenvalue weighted by Gasteiger charge is -2.27. The van der Waals surface area contributed by atoms with Crippen molar-refractivity contribution in [3.05, 3.63) is 30.1 Å². The Bertz CT molecular complexity index is 865. The van der Waals surface area contributed by atoms with Gasteiger partial charge in [0.1, 0.15) is 5.82 Å². The minimum atomic E-state index is -3.41. The van der Waals surface area contributed by atoms with Gasteiger partial charge >= 0.3 is 0 Å². The van der Waals surface area contributed by atoms with Gasteiger partial charge in [0.05, 0.1) is 31.1 Å². The van der Waals surface area contributed by atoms with Crippen LogP contribution in [0, 0.1) is 0 Å². The van der Waals surface area contributed by atoms with Gasteiger partial charge in [-0.05, 0) is 26.7 Å². The average Bonchev–Trinajstić information content (AvgIpc) is 3.30. The number of nitrogens with zero attached hydrogens (tertiary/aromatic N) is 5. The summed E-state index contributed by atoms with van der Waals surface area (Å²) >= 11 is 0. The fourth-order valence-electron chi connectivity index (χ4n) is 3.36. The molecule has 2 aromatic heterocycles. The molecule has 0 bridgehead atoms. The van der Waals surface area contributed by atoms with Crippen molar-refractivity contribution < 1.29 is 13.2 Å². The van der Waals surface area contributed by atoms with Crippen molar-refractivity contribution in [3.63, 3.8) is 0 Å². The molecule has 1 aliphatic rings. The largest absolute Gasteiger partial charge is 0.376 e. The third-order valence-electron chi connectivity index (χ3n) is 5.00. The topological polar surface area (TPSA) is 82.3 Å². The Balaban J connectivity index is 1.87. The molecule has 27 heavy (non-hydrogen) atoms. The molecule has 3 heterocycles. The summed E-state index contributed by atoms with van der Waals surface area (Å²) in [5, 5.41) is 0.119. The Morgan fingerprint density at radius 3 is 2.67 bits per heavy atom. The van der Waals surface area contributed by atoms with Crippen molar-refractivity contribution in [2.45, 2.75) is 63.6 Å². The molecule has 1 aliphatic heterocycles. The molecule has 0 aliphatic carbocycles.